The number of carbonyl (C=O) groups excluding carboxylic acids is 1. The highest BCUT2D eigenvalue weighted by Crippen LogP contribution is 2.26. The summed E-state index contributed by atoms with van der Waals surface area (Å²) in [5.41, 5.74) is 2.34. The summed E-state index contributed by atoms with van der Waals surface area (Å²) >= 11 is 0. The van der Waals surface area contributed by atoms with E-state index in [0.717, 1.165) is 12.0 Å². The van der Waals surface area contributed by atoms with E-state index in [9.17, 15) is 9.59 Å². The maximum atomic E-state index is 12.9. The Morgan fingerprint density at radius 2 is 1.74 bits per heavy atom. The third kappa shape index (κ3) is 5.66. The summed E-state index contributed by atoms with van der Waals surface area (Å²) < 4.78 is 5.48. The number of hydrogen-bond donors (Lipinski definition) is 1. The van der Waals surface area contributed by atoms with Crippen LogP contribution in [-0.2, 0) is 20.7 Å². The molecule has 0 bridgehead atoms. The number of carboxylic acid groups (broad SMARTS) is 1. The molecule has 1 saturated heterocycles. The van der Waals surface area contributed by atoms with Crippen LogP contribution in [0.4, 0.5) is 0 Å². The summed E-state index contributed by atoms with van der Waals surface area (Å²) in [7, 11) is 0. The molecular formula is C22H25NO4. The average Bonchev–Trinajstić information content (AvgIpc) is 2.68. The Morgan fingerprint density at radius 1 is 1.07 bits per heavy atom. The Balaban J connectivity index is 1.69. The Hall–Kier alpha value is -2.66. The van der Waals surface area contributed by atoms with E-state index in [1.807, 2.05) is 36.4 Å². The summed E-state index contributed by atoms with van der Waals surface area (Å²) in [4.78, 5) is 25.6. The van der Waals surface area contributed by atoms with Gasteiger partial charge in [0.15, 0.2) is 0 Å². The van der Waals surface area contributed by atoms with Crippen LogP contribution >= 0.6 is 0 Å². The fourth-order valence-electron chi connectivity index (χ4n) is 3.54. The molecule has 0 spiro atoms. The number of ether oxygens (including phenoxy) is 1. The van der Waals surface area contributed by atoms with Crippen LogP contribution in [0.3, 0.4) is 0 Å². The molecule has 1 aliphatic rings. The molecule has 1 N–H and O–H groups in total. The Labute approximate surface area is 159 Å². The fraction of sp³-hybridized carbons (Fsp3) is 0.364. The van der Waals surface area contributed by atoms with Crippen LogP contribution in [0.25, 0.3) is 0 Å². The summed E-state index contributed by atoms with van der Waals surface area (Å²) in [6, 6.07) is 20.3. The van der Waals surface area contributed by atoms with E-state index in [2.05, 4.69) is 24.3 Å². The minimum Gasteiger partial charge on any atom is -0.481 e. The van der Waals surface area contributed by atoms with Crippen molar-refractivity contribution in [1.82, 2.24) is 4.90 Å². The molecule has 1 aliphatic heterocycles. The summed E-state index contributed by atoms with van der Waals surface area (Å²) in [6.45, 7) is 1.25. The third-order valence-electron chi connectivity index (χ3n) is 4.91. The number of carboxylic acids is 1. The number of aliphatic carboxylic acids is 1. The number of nitrogens with zero attached hydrogens (tertiary/aromatic N) is 1. The Morgan fingerprint density at radius 3 is 2.41 bits per heavy atom. The fourth-order valence-corrected chi connectivity index (χ4v) is 3.54. The van der Waals surface area contributed by atoms with Gasteiger partial charge in [0.05, 0.1) is 19.1 Å². The third-order valence-corrected chi connectivity index (χ3v) is 4.91. The minimum atomic E-state index is -0.902. The first kappa shape index (κ1) is 19.1. The number of carbonyl (C=O) groups is 2. The molecule has 0 unspecified atom stereocenters. The van der Waals surface area contributed by atoms with Crippen LogP contribution in [0.15, 0.2) is 60.7 Å². The normalized spacial score (nSPS) is 18.1. The molecule has 0 aromatic heterocycles. The van der Waals surface area contributed by atoms with Crippen molar-refractivity contribution in [3.8, 4) is 0 Å². The molecule has 5 heteroatoms. The molecule has 0 aliphatic carbocycles. The second-order valence-electron chi connectivity index (χ2n) is 6.93. The van der Waals surface area contributed by atoms with Crippen molar-refractivity contribution in [3.05, 3.63) is 71.8 Å². The quantitative estimate of drug-likeness (QED) is 0.817. The molecule has 1 amide bonds. The SMILES string of the molecule is O=C(O)C[C@@H]1CN(C(=O)C[C@H](Cc2ccccc2)c2ccccc2)CCO1. The van der Waals surface area contributed by atoms with Gasteiger partial charge in [0.25, 0.3) is 0 Å². The molecule has 142 valence electrons. The van der Waals surface area contributed by atoms with Crippen LogP contribution < -0.4 is 0 Å². The maximum absolute atomic E-state index is 12.9. The largest absolute Gasteiger partial charge is 0.481 e. The second-order valence-corrected chi connectivity index (χ2v) is 6.93. The number of benzene rings is 2. The summed E-state index contributed by atoms with van der Waals surface area (Å²) in [5.74, 6) is -0.763. The molecule has 5 nitrogen and oxygen atoms in total. The first-order valence-corrected chi connectivity index (χ1v) is 9.32. The van der Waals surface area contributed by atoms with Gasteiger partial charge >= 0.3 is 5.97 Å². The van der Waals surface area contributed by atoms with Crippen LogP contribution in [0.5, 0.6) is 0 Å². The topological polar surface area (TPSA) is 66.8 Å². The lowest BCUT2D eigenvalue weighted by Gasteiger charge is -2.33. The molecule has 27 heavy (non-hydrogen) atoms. The molecule has 1 heterocycles. The Kier molecular flexibility index (Phi) is 6.60. The molecule has 0 saturated carbocycles. The van der Waals surface area contributed by atoms with Crippen molar-refractivity contribution in [1.29, 1.82) is 0 Å². The van der Waals surface area contributed by atoms with Gasteiger partial charge in [-0.2, -0.15) is 0 Å². The van der Waals surface area contributed by atoms with E-state index >= 15 is 0 Å². The number of amides is 1. The predicted octanol–water partition coefficient (Wildman–Crippen LogP) is 3.11. The number of hydrogen-bond acceptors (Lipinski definition) is 3. The highest BCUT2D eigenvalue weighted by Gasteiger charge is 2.27. The molecular weight excluding hydrogens is 342 g/mol. The zero-order chi connectivity index (χ0) is 19.1. The van der Waals surface area contributed by atoms with E-state index < -0.39 is 12.1 Å². The van der Waals surface area contributed by atoms with Crippen molar-refractivity contribution in [2.45, 2.75) is 31.3 Å². The molecule has 2 aromatic carbocycles. The van der Waals surface area contributed by atoms with Crippen LogP contribution in [-0.4, -0.2) is 47.7 Å². The van der Waals surface area contributed by atoms with Crippen LogP contribution in [0.2, 0.25) is 0 Å². The van der Waals surface area contributed by atoms with Crippen molar-refractivity contribution in [3.63, 3.8) is 0 Å². The highest BCUT2D eigenvalue weighted by molar-refractivity contribution is 5.77. The van der Waals surface area contributed by atoms with Crippen LogP contribution in [0, 0.1) is 0 Å². The van der Waals surface area contributed by atoms with Gasteiger partial charge in [0.1, 0.15) is 0 Å². The van der Waals surface area contributed by atoms with Crippen molar-refractivity contribution in [2.75, 3.05) is 19.7 Å². The second kappa shape index (κ2) is 9.33. The lowest BCUT2D eigenvalue weighted by atomic mass is 9.88. The molecule has 2 atom stereocenters. The lowest BCUT2D eigenvalue weighted by Crippen LogP contribution is -2.46. The lowest BCUT2D eigenvalue weighted by molar-refractivity contribution is -0.147. The van der Waals surface area contributed by atoms with Gasteiger partial charge in [-0.1, -0.05) is 60.7 Å². The molecule has 1 fully saturated rings. The van der Waals surface area contributed by atoms with Gasteiger partial charge in [0, 0.05) is 19.5 Å². The standard InChI is InChI=1S/C22H25NO4/c24-21(23-11-12-27-20(16-23)15-22(25)26)14-19(18-9-5-2-6-10-18)13-17-7-3-1-4-8-17/h1-10,19-20H,11-16H2,(H,25,26)/t19-,20+/m0/s1. The zero-order valence-corrected chi connectivity index (χ0v) is 15.3. The first-order valence-electron chi connectivity index (χ1n) is 9.32. The summed E-state index contributed by atoms with van der Waals surface area (Å²) in [6.07, 6.45) is 0.693. The van der Waals surface area contributed by atoms with Crippen molar-refractivity contribution >= 4 is 11.9 Å². The van der Waals surface area contributed by atoms with E-state index in [-0.39, 0.29) is 18.2 Å². The maximum Gasteiger partial charge on any atom is 0.306 e. The molecule has 0 radical (unpaired) electrons. The van der Waals surface area contributed by atoms with E-state index in [0.29, 0.717) is 26.1 Å². The van der Waals surface area contributed by atoms with Crippen molar-refractivity contribution < 1.29 is 19.4 Å². The highest BCUT2D eigenvalue weighted by atomic mass is 16.5. The van der Waals surface area contributed by atoms with Gasteiger partial charge in [-0.15, -0.1) is 0 Å². The zero-order valence-electron chi connectivity index (χ0n) is 15.3. The number of rotatable bonds is 7. The predicted molar refractivity (Wildman–Crippen MR) is 103 cm³/mol. The van der Waals surface area contributed by atoms with Gasteiger partial charge < -0.3 is 14.7 Å². The minimum absolute atomic E-state index is 0.0541. The monoisotopic (exact) mass is 367 g/mol. The van der Waals surface area contributed by atoms with Gasteiger partial charge in [-0.05, 0) is 23.5 Å². The average molecular weight is 367 g/mol. The summed E-state index contributed by atoms with van der Waals surface area (Å²) in [5, 5.41) is 8.97. The first-order chi connectivity index (χ1) is 13.1. The van der Waals surface area contributed by atoms with E-state index in [1.165, 1.54) is 5.56 Å². The van der Waals surface area contributed by atoms with Crippen LogP contribution in [0.1, 0.15) is 29.9 Å². The van der Waals surface area contributed by atoms with Gasteiger partial charge in [-0.25, -0.2) is 0 Å². The smallest absolute Gasteiger partial charge is 0.306 e. The van der Waals surface area contributed by atoms with Crippen molar-refractivity contribution in [2.24, 2.45) is 0 Å². The van der Waals surface area contributed by atoms with Gasteiger partial charge in [-0.3, -0.25) is 9.59 Å². The molecule has 2 aromatic rings. The number of morpholine rings is 1. The van der Waals surface area contributed by atoms with Gasteiger partial charge in [0.2, 0.25) is 5.91 Å². The van der Waals surface area contributed by atoms with E-state index in [4.69, 9.17) is 9.84 Å². The molecule has 3 rings (SSSR count). The Bertz CT molecular complexity index is 747. The van der Waals surface area contributed by atoms with E-state index in [1.54, 1.807) is 4.90 Å².